The second-order valence-corrected chi connectivity index (χ2v) is 6.77. The summed E-state index contributed by atoms with van der Waals surface area (Å²) in [4.78, 5) is 29.6. The predicted molar refractivity (Wildman–Crippen MR) is 102 cm³/mol. The lowest BCUT2D eigenvalue weighted by molar-refractivity contribution is 0.0949. The summed E-state index contributed by atoms with van der Waals surface area (Å²) in [7, 11) is 2.01. The van der Waals surface area contributed by atoms with Gasteiger partial charge < -0.3 is 19.8 Å². The van der Waals surface area contributed by atoms with Gasteiger partial charge in [0.25, 0.3) is 11.5 Å². The molecule has 0 radical (unpaired) electrons. The molecule has 1 aromatic carbocycles. The summed E-state index contributed by atoms with van der Waals surface area (Å²) in [6.45, 7) is 5.39. The van der Waals surface area contributed by atoms with Gasteiger partial charge in [0.15, 0.2) is 11.5 Å². The Labute approximate surface area is 158 Å². The Morgan fingerprint density at radius 2 is 2.04 bits per heavy atom. The van der Waals surface area contributed by atoms with Crippen LogP contribution in [0.3, 0.4) is 0 Å². The number of carbonyl (C=O) groups excluding carboxylic acids is 1. The summed E-state index contributed by atoms with van der Waals surface area (Å²) < 4.78 is 10.6. The van der Waals surface area contributed by atoms with Gasteiger partial charge >= 0.3 is 0 Å². The highest BCUT2D eigenvalue weighted by Crippen LogP contribution is 2.32. The van der Waals surface area contributed by atoms with E-state index in [2.05, 4.69) is 29.0 Å². The van der Waals surface area contributed by atoms with Crippen LogP contribution in [-0.2, 0) is 13.1 Å². The van der Waals surface area contributed by atoms with E-state index in [4.69, 9.17) is 9.47 Å². The van der Waals surface area contributed by atoms with Crippen molar-refractivity contribution in [3.05, 3.63) is 57.5 Å². The van der Waals surface area contributed by atoms with Crippen molar-refractivity contribution < 1.29 is 14.3 Å². The van der Waals surface area contributed by atoms with Crippen molar-refractivity contribution >= 4 is 5.91 Å². The van der Waals surface area contributed by atoms with Gasteiger partial charge in [0.1, 0.15) is 5.56 Å². The highest BCUT2D eigenvalue weighted by Gasteiger charge is 2.15. The molecule has 1 aliphatic heterocycles. The quantitative estimate of drug-likeness (QED) is 0.780. The minimum Gasteiger partial charge on any atom is -0.454 e. The number of hydrogen-bond donors (Lipinski definition) is 2. The lowest BCUT2D eigenvalue weighted by atomic mass is 10.2. The molecule has 2 aromatic rings. The maximum Gasteiger partial charge on any atom is 0.261 e. The van der Waals surface area contributed by atoms with Crippen LogP contribution in [0.15, 0.2) is 35.1 Å². The van der Waals surface area contributed by atoms with Gasteiger partial charge in [-0.2, -0.15) is 0 Å². The zero-order valence-electron chi connectivity index (χ0n) is 15.9. The number of pyridine rings is 1. The van der Waals surface area contributed by atoms with Crippen LogP contribution in [0.1, 0.15) is 41.9 Å². The minimum atomic E-state index is -0.407. The molecule has 1 amide bonds. The molecule has 1 unspecified atom stereocenters. The second-order valence-electron chi connectivity index (χ2n) is 6.77. The largest absolute Gasteiger partial charge is 0.454 e. The zero-order valence-corrected chi connectivity index (χ0v) is 15.9. The van der Waals surface area contributed by atoms with E-state index in [-0.39, 0.29) is 17.9 Å². The van der Waals surface area contributed by atoms with E-state index >= 15 is 0 Å². The molecule has 144 valence electrons. The molecule has 0 saturated heterocycles. The molecule has 3 rings (SSSR count). The number of aromatic nitrogens is 1. The molecular weight excluding hydrogens is 346 g/mol. The van der Waals surface area contributed by atoms with E-state index in [0.717, 1.165) is 17.7 Å². The number of rotatable bonds is 7. The van der Waals surface area contributed by atoms with Crippen LogP contribution >= 0.6 is 0 Å². The Balaban J connectivity index is 1.62. The van der Waals surface area contributed by atoms with Gasteiger partial charge in [-0.15, -0.1) is 0 Å². The van der Waals surface area contributed by atoms with Gasteiger partial charge in [0, 0.05) is 24.8 Å². The monoisotopic (exact) mass is 371 g/mol. The molecule has 7 heteroatoms. The summed E-state index contributed by atoms with van der Waals surface area (Å²) in [5, 5.41) is 2.77. The van der Waals surface area contributed by atoms with E-state index in [0.29, 0.717) is 30.6 Å². The second kappa shape index (κ2) is 8.26. The van der Waals surface area contributed by atoms with Crippen LogP contribution in [0, 0.1) is 0 Å². The van der Waals surface area contributed by atoms with Crippen LogP contribution in [-0.4, -0.2) is 35.7 Å². The topological polar surface area (TPSA) is 83.7 Å². The molecule has 0 saturated carbocycles. The van der Waals surface area contributed by atoms with Crippen LogP contribution in [0.5, 0.6) is 11.5 Å². The molecule has 0 spiro atoms. The molecule has 2 heterocycles. The van der Waals surface area contributed by atoms with Crippen molar-refractivity contribution in [2.45, 2.75) is 39.4 Å². The average Bonchev–Trinajstić information content (AvgIpc) is 3.13. The van der Waals surface area contributed by atoms with Gasteiger partial charge in [-0.3, -0.25) is 14.5 Å². The number of amides is 1. The third kappa shape index (κ3) is 4.49. The number of hydrogen-bond acceptors (Lipinski definition) is 5. The van der Waals surface area contributed by atoms with Crippen LogP contribution < -0.4 is 20.3 Å². The number of H-pyrrole nitrogens is 1. The summed E-state index contributed by atoms with van der Waals surface area (Å²) in [6.07, 6.45) is 1.03. The normalized spacial score (nSPS) is 13.6. The molecule has 1 atom stereocenters. The first-order valence-electron chi connectivity index (χ1n) is 9.07. The summed E-state index contributed by atoms with van der Waals surface area (Å²) in [5.41, 5.74) is 1.38. The Kier molecular flexibility index (Phi) is 5.81. The van der Waals surface area contributed by atoms with E-state index < -0.39 is 5.91 Å². The average molecular weight is 371 g/mol. The maximum absolute atomic E-state index is 12.4. The lowest BCUT2D eigenvalue weighted by Crippen LogP contribution is -2.31. The zero-order chi connectivity index (χ0) is 19.4. The maximum atomic E-state index is 12.4. The molecule has 1 aliphatic rings. The van der Waals surface area contributed by atoms with Crippen molar-refractivity contribution in [3.8, 4) is 11.5 Å². The first kappa shape index (κ1) is 19.0. The molecule has 1 aromatic heterocycles. The van der Waals surface area contributed by atoms with Crippen molar-refractivity contribution in [1.82, 2.24) is 15.2 Å². The number of ether oxygens (including phenoxy) is 2. The number of carbonyl (C=O) groups is 1. The van der Waals surface area contributed by atoms with E-state index in [1.165, 1.54) is 0 Å². The molecule has 7 nitrogen and oxygen atoms in total. The van der Waals surface area contributed by atoms with Gasteiger partial charge in [-0.05, 0) is 50.2 Å². The number of nitrogens with one attached hydrogen (secondary N) is 2. The van der Waals surface area contributed by atoms with Gasteiger partial charge in [0.05, 0.1) is 0 Å². The molecule has 2 N–H and O–H groups in total. The van der Waals surface area contributed by atoms with Crippen molar-refractivity contribution in [3.63, 3.8) is 0 Å². The SMILES string of the molecule is CCC(C)N(C)Cc1ccc(C(=O)NCc2ccc3c(c2)OCO3)c(=O)[nH]1. The van der Waals surface area contributed by atoms with Gasteiger partial charge in [0.2, 0.25) is 6.79 Å². The van der Waals surface area contributed by atoms with Gasteiger partial charge in [-0.1, -0.05) is 13.0 Å². The smallest absolute Gasteiger partial charge is 0.261 e. The van der Waals surface area contributed by atoms with Crippen molar-refractivity contribution in [2.24, 2.45) is 0 Å². The van der Waals surface area contributed by atoms with E-state index in [1.54, 1.807) is 18.2 Å². The van der Waals surface area contributed by atoms with Gasteiger partial charge in [-0.25, -0.2) is 0 Å². The molecule has 27 heavy (non-hydrogen) atoms. The third-order valence-electron chi connectivity index (χ3n) is 4.87. The van der Waals surface area contributed by atoms with Crippen LogP contribution in [0.4, 0.5) is 0 Å². The number of nitrogens with zero attached hydrogens (tertiary/aromatic N) is 1. The highest BCUT2D eigenvalue weighted by molar-refractivity contribution is 5.93. The summed E-state index contributed by atoms with van der Waals surface area (Å²) >= 11 is 0. The number of benzene rings is 1. The Morgan fingerprint density at radius 1 is 1.26 bits per heavy atom. The van der Waals surface area contributed by atoms with Crippen molar-refractivity contribution in [1.29, 1.82) is 0 Å². The van der Waals surface area contributed by atoms with E-state index in [9.17, 15) is 9.59 Å². The lowest BCUT2D eigenvalue weighted by Gasteiger charge is -2.23. The Morgan fingerprint density at radius 3 is 2.78 bits per heavy atom. The summed E-state index contributed by atoms with van der Waals surface area (Å²) in [6, 6.07) is 9.26. The Hall–Kier alpha value is -2.80. The molecule has 0 fully saturated rings. The standard InChI is InChI=1S/C20H25N3O4/c1-4-13(2)23(3)11-15-6-7-16(20(25)22-15)19(24)21-10-14-5-8-17-18(9-14)27-12-26-17/h5-9,13H,4,10-12H2,1-3H3,(H,21,24)(H,22,25). The molecule has 0 bridgehead atoms. The van der Waals surface area contributed by atoms with Crippen LogP contribution in [0.25, 0.3) is 0 Å². The molecular formula is C20H25N3O4. The first-order chi connectivity index (χ1) is 13.0. The number of aromatic amines is 1. The predicted octanol–water partition coefficient (Wildman–Crippen LogP) is 2.26. The summed E-state index contributed by atoms with van der Waals surface area (Å²) in [5.74, 6) is 0.949. The van der Waals surface area contributed by atoms with E-state index in [1.807, 2.05) is 19.2 Å². The minimum absolute atomic E-state index is 0.102. The fourth-order valence-corrected chi connectivity index (χ4v) is 2.85. The molecule has 0 aliphatic carbocycles. The Bertz CT molecular complexity index is 878. The van der Waals surface area contributed by atoms with Crippen LogP contribution in [0.2, 0.25) is 0 Å². The third-order valence-corrected chi connectivity index (χ3v) is 4.87. The first-order valence-corrected chi connectivity index (χ1v) is 9.07. The fourth-order valence-electron chi connectivity index (χ4n) is 2.85. The fraction of sp³-hybridized carbons (Fsp3) is 0.400. The number of fused-ring (bicyclic) bond motifs is 1. The van der Waals surface area contributed by atoms with Crippen molar-refractivity contribution in [2.75, 3.05) is 13.8 Å². The highest BCUT2D eigenvalue weighted by atomic mass is 16.7.